The summed E-state index contributed by atoms with van der Waals surface area (Å²) >= 11 is 0. The number of benzene rings is 2. The van der Waals surface area contributed by atoms with E-state index in [-0.39, 0.29) is 11.7 Å². The van der Waals surface area contributed by atoms with Crippen molar-refractivity contribution < 1.29 is 9.18 Å². The summed E-state index contributed by atoms with van der Waals surface area (Å²) in [5.74, 6) is -0.390. The van der Waals surface area contributed by atoms with Crippen LogP contribution in [0.15, 0.2) is 60.8 Å². The number of aryl methyl sites for hydroxylation is 2. The Hall–Kier alpha value is -3.21. The second kappa shape index (κ2) is 6.26. The topological polar surface area (TPSA) is 45.2 Å². The zero-order chi connectivity index (χ0) is 18.3. The van der Waals surface area contributed by atoms with Gasteiger partial charge in [0.1, 0.15) is 5.82 Å². The van der Waals surface area contributed by atoms with E-state index < -0.39 is 6.17 Å². The third-order valence-corrected chi connectivity index (χ3v) is 4.60. The van der Waals surface area contributed by atoms with Gasteiger partial charge in [0.2, 0.25) is 0 Å². The third-order valence-electron chi connectivity index (χ3n) is 4.60. The van der Waals surface area contributed by atoms with Crippen LogP contribution in [0, 0.1) is 19.7 Å². The minimum Gasteiger partial charge on any atom is -0.360 e. The number of amides is 1. The summed E-state index contributed by atoms with van der Waals surface area (Å²) in [4.78, 5) is 19.1. The Kier molecular flexibility index (Phi) is 3.92. The lowest BCUT2D eigenvalue weighted by atomic mass is 10.1. The number of nitrogens with one attached hydrogen (secondary N) is 1. The third kappa shape index (κ3) is 2.71. The molecule has 0 radical (unpaired) electrons. The highest BCUT2D eigenvalue weighted by atomic mass is 19.1. The SMILES string of the molecule is Cc1ccc(N2C(=O)c3cccnc3[C@@H]2Nc2ccc(F)cc2C)cc1. The van der Waals surface area contributed by atoms with Crippen LogP contribution in [0.25, 0.3) is 0 Å². The number of rotatable bonds is 3. The maximum atomic E-state index is 13.4. The molecule has 0 unspecified atom stereocenters. The van der Waals surface area contributed by atoms with Crippen molar-refractivity contribution in [2.75, 3.05) is 10.2 Å². The molecule has 3 aromatic rings. The first-order chi connectivity index (χ1) is 12.5. The molecule has 1 aliphatic rings. The number of pyridine rings is 1. The molecule has 0 fully saturated rings. The van der Waals surface area contributed by atoms with Gasteiger partial charge in [-0.1, -0.05) is 17.7 Å². The lowest BCUT2D eigenvalue weighted by Gasteiger charge is -2.27. The monoisotopic (exact) mass is 347 g/mol. The normalized spacial score (nSPS) is 15.9. The Labute approximate surface area is 151 Å². The standard InChI is InChI=1S/C21H18FN3O/c1-13-5-8-16(9-6-13)25-20(19-17(21(25)26)4-3-11-23-19)24-18-10-7-15(22)12-14(18)2/h3-12,20,24H,1-2H3/t20-/m1/s1. The van der Waals surface area contributed by atoms with Gasteiger partial charge in [-0.25, -0.2) is 4.39 Å². The molecule has 0 spiro atoms. The fourth-order valence-electron chi connectivity index (χ4n) is 3.23. The van der Waals surface area contributed by atoms with Crippen molar-refractivity contribution in [2.45, 2.75) is 20.0 Å². The van der Waals surface area contributed by atoms with Crippen molar-refractivity contribution >= 4 is 17.3 Å². The molecule has 4 rings (SSSR count). The van der Waals surface area contributed by atoms with Crippen LogP contribution in [-0.2, 0) is 0 Å². The average Bonchev–Trinajstić information content (AvgIpc) is 2.91. The van der Waals surface area contributed by atoms with Crippen molar-refractivity contribution in [1.82, 2.24) is 4.98 Å². The zero-order valence-electron chi connectivity index (χ0n) is 14.5. The first kappa shape index (κ1) is 16.3. The van der Waals surface area contributed by atoms with Crippen LogP contribution < -0.4 is 10.2 Å². The number of carbonyl (C=O) groups excluding carboxylic acids is 1. The molecular weight excluding hydrogens is 329 g/mol. The number of fused-ring (bicyclic) bond motifs is 1. The first-order valence-corrected chi connectivity index (χ1v) is 8.42. The first-order valence-electron chi connectivity index (χ1n) is 8.42. The Morgan fingerprint density at radius 3 is 2.58 bits per heavy atom. The van der Waals surface area contributed by atoms with Crippen LogP contribution >= 0.6 is 0 Å². The van der Waals surface area contributed by atoms with E-state index in [2.05, 4.69) is 10.3 Å². The van der Waals surface area contributed by atoms with Crippen LogP contribution in [-0.4, -0.2) is 10.9 Å². The molecule has 5 heteroatoms. The van der Waals surface area contributed by atoms with E-state index in [4.69, 9.17) is 0 Å². The molecule has 2 aromatic carbocycles. The highest BCUT2D eigenvalue weighted by Gasteiger charge is 2.39. The van der Waals surface area contributed by atoms with Crippen LogP contribution in [0.1, 0.15) is 33.3 Å². The van der Waals surface area contributed by atoms with Gasteiger partial charge in [0, 0.05) is 17.6 Å². The van der Waals surface area contributed by atoms with E-state index >= 15 is 0 Å². The Morgan fingerprint density at radius 2 is 1.85 bits per heavy atom. The van der Waals surface area contributed by atoms with E-state index in [0.717, 1.165) is 22.5 Å². The second-order valence-corrected chi connectivity index (χ2v) is 6.45. The number of nitrogens with zero attached hydrogens (tertiary/aromatic N) is 2. The predicted octanol–water partition coefficient (Wildman–Crippen LogP) is 4.61. The van der Waals surface area contributed by atoms with Gasteiger partial charge in [-0.2, -0.15) is 0 Å². The van der Waals surface area contributed by atoms with E-state index in [1.807, 2.05) is 38.1 Å². The molecule has 1 atom stereocenters. The summed E-state index contributed by atoms with van der Waals surface area (Å²) in [5, 5.41) is 3.36. The van der Waals surface area contributed by atoms with Crippen LogP contribution in [0.2, 0.25) is 0 Å². The lowest BCUT2D eigenvalue weighted by Crippen LogP contribution is -2.32. The van der Waals surface area contributed by atoms with Crippen LogP contribution in [0.4, 0.5) is 15.8 Å². The quantitative estimate of drug-likeness (QED) is 0.753. The predicted molar refractivity (Wildman–Crippen MR) is 99.7 cm³/mol. The highest BCUT2D eigenvalue weighted by Crippen LogP contribution is 2.37. The number of hydrogen-bond donors (Lipinski definition) is 1. The molecule has 26 heavy (non-hydrogen) atoms. The van der Waals surface area contributed by atoms with E-state index in [9.17, 15) is 9.18 Å². The van der Waals surface area contributed by atoms with Gasteiger partial charge in [0.25, 0.3) is 5.91 Å². The van der Waals surface area contributed by atoms with Gasteiger partial charge in [0.05, 0.1) is 11.3 Å². The Morgan fingerprint density at radius 1 is 1.08 bits per heavy atom. The molecule has 1 aromatic heterocycles. The summed E-state index contributed by atoms with van der Waals surface area (Å²) in [6.07, 6.45) is 1.22. The van der Waals surface area contributed by atoms with Gasteiger partial charge in [-0.3, -0.25) is 14.7 Å². The van der Waals surface area contributed by atoms with Gasteiger partial charge in [0.15, 0.2) is 6.17 Å². The van der Waals surface area contributed by atoms with Gasteiger partial charge < -0.3 is 5.32 Å². The Bertz CT molecular complexity index is 985. The number of aromatic nitrogens is 1. The molecular formula is C21H18FN3O. The molecule has 1 N–H and O–H groups in total. The average molecular weight is 347 g/mol. The number of hydrogen-bond acceptors (Lipinski definition) is 3. The molecule has 0 aliphatic carbocycles. The summed E-state index contributed by atoms with van der Waals surface area (Å²) in [6, 6.07) is 15.9. The largest absolute Gasteiger partial charge is 0.360 e. The van der Waals surface area contributed by atoms with E-state index in [1.54, 1.807) is 29.3 Å². The molecule has 0 saturated heterocycles. The fraction of sp³-hybridized carbons (Fsp3) is 0.143. The van der Waals surface area contributed by atoms with E-state index in [0.29, 0.717) is 11.3 Å². The molecule has 1 aliphatic heterocycles. The molecule has 0 bridgehead atoms. The fourth-order valence-corrected chi connectivity index (χ4v) is 3.23. The van der Waals surface area contributed by atoms with Crippen LogP contribution in [0.3, 0.4) is 0 Å². The lowest BCUT2D eigenvalue weighted by molar-refractivity contribution is 0.0993. The highest BCUT2D eigenvalue weighted by molar-refractivity contribution is 6.11. The van der Waals surface area contributed by atoms with Gasteiger partial charge in [-0.15, -0.1) is 0 Å². The number of anilines is 2. The minimum atomic E-state index is -0.453. The maximum Gasteiger partial charge on any atom is 0.262 e. The summed E-state index contributed by atoms with van der Waals surface area (Å²) in [6.45, 7) is 3.83. The van der Waals surface area contributed by atoms with Crippen molar-refractivity contribution in [3.63, 3.8) is 0 Å². The van der Waals surface area contributed by atoms with Crippen molar-refractivity contribution in [2.24, 2.45) is 0 Å². The summed E-state index contributed by atoms with van der Waals surface area (Å²) in [5.41, 5.74) is 4.68. The van der Waals surface area contributed by atoms with E-state index in [1.165, 1.54) is 12.1 Å². The summed E-state index contributed by atoms with van der Waals surface area (Å²) in [7, 11) is 0. The smallest absolute Gasteiger partial charge is 0.262 e. The molecule has 4 nitrogen and oxygen atoms in total. The van der Waals surface area contributed by atoms with Crippen molar-refractivity contribution in [3.8, 4) is 0 Å². The van der Waals surface area contributed by atoms with Crippen molar-refractivity contribution in [1.29, 1.82) is 0 Å². The van der Waals surface area contributed by atoms with Gasteiger partial charge in [-0.05, 0) is 61.9 Å². The molecule has 0 saturated carbocycles. The zero-order valence-corrected chi connectivity index (χ0v) is 14.5. The molecule has 2 heterocycles. The van der Waals surface area contributed by atoms with Crippen LogP contribution in [0.5, 0.6) is 0 Å². The minimum absolute atomic E-state index is 0.103. The number of carbonyl (C=O) groups is 1. The maximum absolute atomic E-state index is 13.4. The Balaban J connectivity index is 1.79. The second-order valence-electron chi connectivity index (χ2n) is 6.45. The molecule has 1 amide bonds. The molecule has 130 valence electrons. The number of halogens is 1. The summed E-state index contributed by atoms with van der Waals surface area (Å²) < 4.78 is 13.4. The van der Waals surface area contributed by atoms with Gasteiger partial charge >= 0.3 is 0 Å². The van der Waals surface area contributed by atoms with Crippen molar-refractivity contribution in [3.05, 3.63) is 89.0 Å².